The molecule has 3 N–H and O–H groups in total. The number of aliphatic hydroxyl groups excluding tert-OH is 1. The first kappa shape index (κ1) is 22.0. The van der Waals surface area contributed by atoms with Crippen LogP contribution < -0.4 is 30.1 Å². The van der Waals surface area contributed by atoms with Crippen molar-refractivity contribution in [3.05, 3.63) is 57.0 Å². The van der Waals surface area contributed by atoms with E-state index in [0.717, 1.165) is 6.07 Å². The van der Waals surface area contributed by atoms with Crippen molar-refractivity contribution in [3.8, 4) is 23.0 Å². The number of ether oxygens (including phenoxy) is 5. The van der Waals surface area contributed by atoms with Gasteiger partial charge in [0.15, 0.2) is 17.3 Å². The second-order valence-electron chi connectivity index (χ2n) is 6.42. The molecule has 10 nitrogen and oxygen atoms in total. The first-order chi connectivity index (χ1) is 14.9. The van der Waals surface area contributed by atoms with Gasteiger partial charge in [0.2, 0.25) is 22.8 Å². The lowest BCUT2D eigenvalue weighted by Gasteiger charge is -2.27. The molecule has 1 aliphatic rings. The number of nitrogens with two attached hydrogens (primary N) is 1. The van der Waals surface area contributed by atoms with Crippen LogP contribution in [0.5, 0.6) is 23.0 Å². The molecule has 31 heavy (non-hydrogen) atoms. The number of aliphatic hydroxyl groups is 1. The van der Waals surface area contributed by atoms with Gasteiger partial charge in [-0.1, -0.05) is 0 Å². The molecule has 2 aromatic rings. The number of benzene rings is 1. The van der Waals surface area contributed by atoms with Crippen LogP contribution in [0.2, 0.25) is 0 Å². The molecule has 1 aliphatic heterocycles. The van der Waals surface area contributed by atoms with Crippen LogP contribution in [-0.4, -0.2) is 39.0 Å². The maximum Gasteiger partial charge on any atom is 0.340 e. The zero-order chi connectivity index (χ0) is 22.7. The van der Waals surface area contributed by atoms with Gasteiger partial charge in [-0.25, -0.2) is 4.79 Å². The number of hydrogen-bond donors (Lipinski definition) is 2. The van der Waals surface area contributed by atoms with Gasteiger partial charge in [-0.2, -0.15) is 0 Å². The molecule has 0 fully saturated rings. The Bertz CT molecular complexity index is 1060. The first-order valence-corrected chi connectivity index (χ1v) is 9.32. The van der Waals surface area contributed by atoms with Crippen molar-refractivity contribution >= 4 is 5.97 Å². The third-order valence-electron chi connectivity index (χ3n) is 4.68. The summed E-state index contributed by atoms with van der Waals surface area (Å²) in [4.78, 5) is 25.3. The zero-order valence-corrected chi connectivity index (χ0v) is 17.5. The van der Waals surface area contributed by atoms with Gasteiger partial charge in [-0.05, 0) is 24.6 Å². The lowest BCUT2D eigenvalue weighted by molar-refractivity contribution is -0.139. The predicted molar refractivity (Wildman–Crippen MR) is 107 cm³/mol. The lowest BCUT2D eigenvalue weighted by Crippen LogP contribution is -2.30. The Hall–Kier alpha value is -3.66. The molecule has 3 rings (SSSR count). The largest absolute Gasteiger partial charge is 0.493 e. The van der Waals surface area contributed by atoms with E-state index < -0.39 is 23.9 Å². The highest BCUT2D eigenvalue weighted by Crippen LogP contribution is 2.46. The third kappa shape index (κ3) is 3.89. The quantitative estimate of drug-likeness (QED) is 0.616. The molecule has 2 heterocycles. The molecular formula is C21H23NO9. The van der Waals surface area contributed by atoms with Gasteiger partial charge in [0, 0.05) is 6.07 Å². The Labute approximate surface area is 177 Å². The third-order valence-corrected chi connectivity index (χ3v) is 4.68. The van der Waals surface area contributed by atoms with Gasteiger partial charge in [0.1, 0.15) is 17.9 Å². The Morgan fingerprint density at radius 3 is 2.29 bits per heavy atom. The maximum atomic E-state index is 12.8. The van der Waals surface area contributed by atoms with Gasteiger partial charge < -0.3 is 38.9 Å². The number of carbonyl (C=O) groups excluding carboxylic acids is 1. The molecule has 0 saturated heterocycles. The highest BCUT2D eigenvalue weighted by atomic mass is 16.5. The van der Waals surface area contributed by atoms with Crippen LogP contribution >= 0.6 is 0 Å². The van der Waals surface area contributed by atoms with E-state index in [1.54, 1.807) is 19.1 Å². The Balaban J connectivity index is 2.35. The average Bonchev–Trinajstić information content (AvgIpc) is 2.77. The van der Waals surface area contributed by atoms with Crippen molar-refractivity contribution in [2.75, 3.05) is 27.9 Å². The van der Waals surface area contributed by atoms with Crippen LogP contribution in [0.3, 0.4) is 0 Å². The van der Waals surface area contributed by atoms with E-state index in [2.05, 4.69) is 0 Å². The van der Waals surface area contributed by atoms with Gasteiger partial charge in [0.25, 0.3) is 0 Å². The molecule has 0 saturated carbocycles. The standard InChI is InChI=1S/C21H23NO9/c1-5-29-21(25)16-15(10-6-13(26-2)18(28-4)14(7-10)27-3)19-17(31-20(16)22)12(24)8-11(9-23)30-19/h6-8,15,23H,5,9,22H2,1-4H3. The average molecular weight is 433 g/mol. The molecule has 1 unspecified atom stereocenters. The zero-order valence-electron chi connectivity index (χ0n) is 17.5. The van der Waals surface area contributed by atoms with Crippen molar-refractivity contribution in [2.45, 2.75) is 19.4 Å². The molecular weight excluding hydrogens is 410 g/mol. The summed E-state index contributed by atoms with van der Waals surface area (Å²) in [6.45, 7) is 1.20. The van der Waals surface area contributed by atoms with Gasteiger partial charge >= 0.3 is 5.97 Å². The van der Waals surface area contributed by atoms with Crippen molar-refractivity contribution < 1.29 is 38.0 Å². The molecule has 0 radical (unpaired) electrons. The monoisotopic (exact) mass is 433 g/mol. The smallest absolute Gasteiger partial charge is 0.340 e. The second kappa shape index (κ2) is 9.00. The molecule has 1 aromatic heterocycles. The molecule has 1 atom stereocenters. The van der Waals surface area contributed by atoms with Gasteiger partial charge in [-0.15, -0.1) is 0 Å². The molecule has 0 spiro atoms. The SMILES string of the molecule is CCOC(=O)C1=C(N)Oc2c(oc(CO)cc2=O)C1c1cc(OC)c(OC)c(OC)c1. The summed E-state index contributed by atoms with van der Waals surface area (Å²) in [5.74, 6) is -1.30. The van der Waals surface area contributed by atoms with Crippen LogP contribution in [-0.2, 0) is 16.1 Å². The molecule has 0 bridgehead atoms. The number of rotatable bonds is 7. The highest BCUT2D eigenvalue weighted by Gasteiger charge is 2.40. The Morgan fingerprint density at radius 1 is 1.13 bits per heavy atom. The summed E-state index contributed by atoms with van der Waals surface area (Å²) in [6.07, 6.45) is 0. The van der Waals surface area contributed by atoms with E-state index in [0.29, 0.717) is 22.8 Å². The minimum absolute atomic E-state index is 0.00604. The van der Waals surface area contributed by atoms with Crippen LogP contribution in [0.4, 0.5) is 0 Å². The Morgan fingerprint density at radius 2 is 1.77 bits per heavy atom. The van der Waals surface area contributed by atoms with Gasteiger partial charge in [-0.3, -0.25) is 4.79 Å². The summed E-state index contributed by atoms with van der Waals surface area (Å²) in [5.41, 5.74) is 5.83. The van der Waals surface area contributed by atoms with Crippen LogP contribution in [0, 0.1) is 0 Å². The minimum Gasteiger partial charge on any atom is -0.493 e. The van der Waals surface area contributed by atoms with E-state index >= 15 is 0 Å². The van der Waals surface area contributed by atoms with Crippen molar-refractivity contribution in [1.29, 1.82) is 0 Å². The van der Waals surface area contributed by atoms with Crippen LogP contribution in [0.15, 0.2) is 38.9 Å². The maximum absolute atomic E-state index is 12.8. The summed E-state index contributed by atoms with van der Waals surface area (Å²) >= 11 is 0. The second-order valence-corrected chi connectivity index (χ2v) is 6.42. The molecule has 166 valence electrons. The van der Waals surface area contributed by atoms with Crippen molar-refractivity contribution in [2.24, 2.45) is 5.73 Å². The van der Waals surface area contributed by atoms with Crippen molar-refractivity contribution in [1.82, 2.24) is 0 Å². The van der Waals surface area contributed by atoms with E-state index in [-0.39, 0.29) is 35.3 Å². The van der Waals surface area contributed by atoms with Crippen LogP contribution in [0.1, 0.15) is 29.9 Å². The van der Waals surface area contributed by atoms with Gasteiger partial charge in [0.05, 0.1) is 33.9 Å². The van der Waals surface area contributed by atoms with E-state index in [1.807, 2.05) is 0 Å². The van der Waals surface area contributed by atoms with E-state index in [1.165, 1.54) is 21.3 Å². The number of hydrogen-bond acceptors (Lipinski definition) is 10. The molecule has 0 aliphatic carbocycles. The fourth-order valence-corrected chi connectivity index (χ4v) is 3.37. The molecule has 0 amide bonds. The van der Waals surface area contributed by atoms with E-state index in [9.17, 15) is 14.7 Å². The lowest BCUT2D eigenvalue weighted by atomic mass is 9.86. The molecule has 10 heteroatoms. The predicted octanol–water partition coefficient (Wildman–Crippen LogP) is 1.42. The summed E-state index contributed by atoms with van der Waals surface area (Å²) < 4.78 is 32.5. The summed E-state index contributed by atoms with van der Waals surface area (Å²) in [7, 11) is 4.34. The normalized spacial score (nSPS) is 15.1. The number of esters is 1. The summed E-state index contributed by atoms with van der Waals surface area (Å²) in [6, 6.07) is 4.28. The highest BCUT2D eigenvalue weighted by molar-refractivity contribution is 5.92. The Kier molecular flexibility index (Phi) is 6.40. The van der Waals surface area contributed by atoms with E-state index in [4.69, 9.17) is 33.8 Å². The van der Waals surface area contributed by atoms with Crippen molar-refractivity contribution in [3.63, 3.8) is 0 Å². The molecule has 1 aromatic carbocycles. The number of methoxy groups -OCH3 is 3. The van der Waals surface area contributed by atoms with Crippen LogP contribution in [0.25, 0.3) is 0 Å². The summed E-state index contributed by atoms with van der Waals surface area (Å²) in [5, 5.41) is 9.51. The minimum atomic E-state index is -1.00. The first-order valence-electron chi connectivity index (χ1n) is 9.32. The topological polar surface area (TPSA) is 140 Å². The number of fused-ring (bicyclic) bond motifs is 1. The number of carbonyl (C=O) groups is 1. The fraction of sp³-hybridized carbons (Fsp3) is 0.333. The fourth-order valence-electron chi connectivity index (χ4n) is 3.37.